The van der Waals surface area contributed by atoms with Gasteiger partial charge in [0.15, 0.2) is 0 Å². The van der Waals surface area contributed by atoms with Gasteiger partial charge in [-0.1, -0.05) is 6.07 Å². The monoisotopic (exact) mass is 333 g/mol. The van der Waals surface area contributed by atoms with Gasteiger partial charge in [0.1, 0.15) is 6.10 Å². The van der Waals surface area contributed by atoms with E-state index >= 15 is 0 Å². The van der Waals surface area contributed by atoms with Crippen molar-refractivity contribution in [3.05, 3.63) is 34.8 Å². The standard InChI is InChI=1S/C16H19N3O3S/c1-21-15-16(18-9-8-17-15)22-12-6-4-11(5-7-12)19-14(20)13-3-2-10-23-13/h2-3,8-12H,4-7H2,1H3,(H,19,20). The van der Waals surface area contributed by atoms with Crippen molar-refractivity contribution in [2.45, 2.75) is 37.8 Å². The lowest BCUT2D eigenvalue weighted by atomic mass is 9.93. The maximum Gasteiger partial charge on any atom is 0.278 e. The molecule has 0 aliphatic heterocycles. The summed E-state index contributed by atoms with van der Waals surface area (Å²) in [6, 6.07) is 3.93. The highest BCUT2D eigenvalue weighted by Gasteiger charge is 2.25. The Hall–Kier alpha value is -2.15. The van der Waals surface area contributed by atoms with Gasteiger partial charge < -0.3 is 14.8 Å². The fraction of sp³-hybridized carbons (Fsp3) is 0.438. The zero-order chi connectivity index (χ0) is 16.1. The topological polar surface area (TPSA) is 73.3 Å². The van der Waals surface area contributed by atoms with Crippen LogP contribution in [-0.4, -0.2) is 35.1 Å². The summed E-state index contributed by atoms with van der Waals surface area (Å²) in [5.74, 6) is 0.849. The number of hydrogen-bond donors (Lipinski definition) is 1. The van der Waals surface area contributed by atoms with E-state index in [0.29, 0.717) is 11.8 Å². The molecule has 1 aliphatic carbocycles. The number of methoxy groups -OCH3 is 1. The van der Waals surface area contributed by atoms with Crippen molar-refractivity contribution in [2.24, 2.45) is 0 Å². The minimum atomic E-state index is 0.0139. The van der Waals surface area contributed by atoms with E-state index in [2.05, 4.69) is 15.3 Å². The molecule has 1 fully saturated rings. The second-order valence-corrected chi connectivity index (χ2v) is 6.36. The van der Waals surface area contributed by atoms with Gasteiger partial charge in [-0.2, -0.15) is 0 Å². The van der Waals surface area contributed by atoms with Crippen molar-refractivity contribution in [2.75, 3.05) is 7.11 Å². The average Bonchev–Trinajstić information content (AvgIpc) is 3.12. The lowest BCUT2D eigenvalue weighted by molar-refractivity contribution is 0.0890. The molecule has 0 saturated heterocycles. The minimum Gasteiger partial charge on any atom is -0.477 e. The second-order valence-electron chi connectivity index (χ2n) is 5.41. The van der Waals surface area contributed by atoms with Crippen molar-refractivity contribution in [3.63, 3.8) is 0 Å². The van der Waals surface area contributed by atoms with Crippen LogP contribution in [0.4, 0.5) is 0 Å². The van der Waals surface area contributed by atoms with Crippen LogP contribution >= 0.6 is 11.3 Å². The highest BCUT2D eigenvalue weighted by atomic mass is 32.1. The van der Waals surface area contributed by atoms with Crippen LogP contribution in [0.25, 0.3) is 0 Å². The molecule has 0 unspecified atom stereocenters. The number of aromatic nitrogens is 2. The largest absolute Gasteiger partial charge is 0.477 e. The van der Waals surface area contributed by atoms with Crippen LogP contribution in [0.3, 0.4) is 0 Å². The van der Waals surface area contributed by atoms with Crippen LogP contribution in [0.2, 0.25) is 0 Å². The molecule has 0 spiro atoms. The summed E-state index contributed by atoms with van der Waals surface area (Å²) in [6.45, 7) is 0. The molecule has 6 nitrogen and oxygen atoms in total. The number of ether oxygens (including phenoxy) is 2. The van der Waals surface area contributed by atoms with Gasteiger partial charge in [0.25, 0.3) is 17.7 Å². The normalized spacial score (nSPS) is 20.7. The van der Waals surface area contributed by atoms with Gasteiger partial charge in [0, 0.05) is 18.4 Å². The number of nitrogens with one attached hydrogen (secondary N) is 1. The number of carbonyl (C=O) groups is 1. The van der Waals surface area contributed by atoms with Crippen molar-refractivity contribution in [1.82, 2.24) is 15.3 Å². The van der Waals surface area contributed by atoms with Crippen LogP contribution in [-0.2, 0) is 0 Å². The predicted molar refractivity (Wildman–Crippen MR) is 87.0 cm³/mol. The van der Waals surface area contributed by atoms with E-state index in [0.717, 1.165) is 30.6 Å². The Morgan fingerprint density at radius 3 is 2.61 bits per heavy atom. The van der Waals surface area contributed by atoms with Gasteiger partial charge in [-0.25, -0.2) is 9.97 Å². The Kier molecular flexibility index (Phi) is 5.07. The fourth-order valence-electron chi connectivity index (χ4n) is 2.68. The maximum absolute atomic E-state index is 12.1. The molecular formula is C16H19N3O3S. The molecule has 2 heterocycles. The van der Waals surface area contributed by atoms with Crippen LogP contribution < -0.4 is 14.8 Å². The number of rotatable bonds is 5. The molecule has 0 radical (unpaired) electrons. The Morgan fingerprint density at radius 2 is 1.96 bits per heavy atom. The molecular weight excluding hydrogens is 314 g/mol. The summed E-state index contributed by atoms with van der Waals surface area (Å²) < 4.78 is 11.0. The fourth-order valence-corrected chi connectivity index (χ4v) is 3.31. The van der Waals surface area contributed by atoms with E-state index in [4.69, 9.17) is 9.47 Å². The number of amides is 1. The number of nitrogens with zero attached hydrogens (tertiary/aromatic N) is 2. The van der Waals surface area contributed by atoms with Crippen molar-refractivity contribution in [3.8, 4) is 11.8 Å². The zero-order valence-corrected chi connectivity index (χ0v) is 13.7. The molecule has 1 N–H and O–H groups in total. The Morgan fingerprint density at radius 1 is 1.22 bits per heavy atom. The van der Waals surface area contributed by atoms with E-state index in [9.17, 15) is 4.79 Å². The molecule has 23 heavy (non-hydrogen) atoms. The quantitative estimate of drug-likeness (QED) is 0.910. The second kappa shape index (κ2) is 7.41. The molecule has 2 aromatic rings. The van der Waals surface area contributed by atoms with Gasteiger partial charge in [0.2, 0.25) is 0 Å². The molecule has 122 valence electrons. The zero-order valence-electron chi connectivity index (χ0n) is 12.9. The van der Waals surface area contributed by atoms with Gasteiger partial charge in [-0.15, -0.1) is 11.3 Å². The van der Waals surface area contributed by atoms with Crippen LogP contribution in [0, 0.1) is 0 Å². The van der Waals surface area contributed by atoms with E-state index in [1.54, 1.807) is 19.5 Å². The van der Waals surface area contributed by atoms with Crippen molar-refractivity contribution < 1.29 is 14.3 Å². The van der Waals surface area contributed by atoms with Crippen molar-refractivity contribution in [1.29, 1.82) is 0 Å². The highest BCUT2D eigenvalue weighted by molar-refractivity contribution is 7.12. The summed E-state index contributed by atoms with van der Waals surface area (Å²) in [7, 11) is 1.55. The molecule has 1 saturated carbocycles. The summed E-state index contributed by atoms with van der Waals surface area (Å²) in [5.41, 5.74) is 0. The number of thiophene rings is 1. The molecule has 0 bridgehead atoms. The number of carbonyl (C=O) groups excluding carboxylic acids is 1. The maximum atomic E-state index is 12.1. The molecule has 3 rings (SSSR count). The van der Waals surface area contributed by atoms with Crippen LogP contribution in [0.15, 0.2) is 29.9 Å². The van der Waals surface area contributed by atoms with E-state index < -0.39 is 0 Å². The first-order valence-corrected chi connectivity index (χ1v) is 8.50. The first kappa shape index (κ1) is 15.7. The van der Waals surface area contributed by atoms with Gasteiger partial charge >= 0.3 is 0 Å². The lowest BCUT2D eigenvalue weighted by Gasteiger charge is -2.29. The van der Waals surface area contributed by atoms with E-state index in [1.165, 1.54) is 11.3 Å². The molecule has 0 aromatic carbocycles. The van der Waals surface area contributed by atoms with Crippen LogP contribution in [0.5, 0.6) is 11.8 Å². The SMILES string of the molecule is COc1nccnc1OC1CCC(NC(=O)c2cccs2)CC1. The van der Waals surface area contributed by atoms with Gasteiger partial charge in [0.05, 0.1) is 12.0 Å². The summed E-state index contributed by atoms with van der Waals surface area (Å²) >= 11 is 1.46. The van der Waals surface area contributed by atoms with Gasteiger partial charge in [-0.05, 0) is 37.1 Å². The Labute approximate surface area is 138 Å². The van der Waals surface area contributed by atoms with Gasteiger partial charge in [-0.3, -0.25) is 4.79 Å². The molecule has 2 aromatic heterocycles. The number of hydrogen-bond acceptors (Lipinski definition) is 6. The third-order valence-corrected chi connectivity index (χ3v) is 4.73. The first-order valence-electron chi connectivity index (χ1n) is 7.62. The molecule has 1 aliphatic rings. The lowest BCUT2D eigenvalue weighted by Crippen LogP contribution is -2.39. The highest BCUT2D eigenvalue weighted by Crippen LogP contribution is 2.27. The molecule has 0 atom stereocenters. The summed E-state index contributed by atoms with van der Waals surface area (Å²) in [4.78, 5) is 21.1. The average molecular weight is 333 g/mol. The van der Waals surface area contributed by atoms with Crippen molar-refractivity contribution >= 4 is 17.2 Å². The predicted octanol–water partition coefficient (Wildman–Crippen LogP) is 2.67. The van der Waals surface area contributed by atoms with E-state index in [-0.39, 0.29) is 18.1 Å². The third-order valence-electron chi connectivity index (χ3n) is 3.86. The molecule has 7 heteroatoms. The summed E-state index contributed by atoms with van der Waals surface area (Å²) in [6.07, 6.45) is 6.77. The third kappa shape index (κ3) is 3.98. The first-order chi connectivity index (χ1) is 11.3. The molecule has 1 amide bonds. The van der Waals surface area contributed by atoms with Crippen LogP contribution in [0.1, 0.15) is 35.4 Å². The van der Waals surface area contributed by atoms with E-state index in [1.807, 2.05) is 17.5 Å². The smallest absolute Gasteiger partial charge is 0.278 e. The Bertz CT molecular complexity index is 640. The summed E-state index contributed by atoms with van der Waals surface area (Å²) in [5, 5.41) is 5.00. The Balaban J connectivity index is 1.49. The minimum absolute atomic E-state index is 0.0139.